The van der Waals surface area contributed by atoms with Gasteiger partial charge in [-0.25, -0.2) is 0 Å². The van der Waals surface area contributed by atoms with Crippen molar-refractivity contribution < 1.29 is 0 Å². The van der Waals surface area contributed by atoms with E-state index in [2.05, 4.69) is 46.5 Å². The van der Waals surface area contributed by atoms with E-state index in [1.165, 1.54) is 5.56 Å². The Kier molecular flexibility index (Phi) is 2.82. The summed E-state index contributed by atoms with van der Waals surface area (Å²) in [6.45, 7) is 4.04. The fraction of sp³-hybridized carbons (Fsp3) is 0.200. The number of nitrogens with two attached hydrogens (primary N) is 1. The second-order valence-corrected chi connectivity index (χ2v) is 5.03. The maximum atomic E-state index is 6.04. The second-order valence-electron chi connectivity index (χ2n) is 5.03. The summed E-state index contributed by atoms with van der Waals surface area (Å²) in [7, 11) is 1.90. The van der Waals surface area contributed by atoms with Gasteiger partial charge in [-0.2, -0.15) is 10.2 Å². The van der Waals surface area contributed by atoms with E-state index in [-0.39, 0.29) is 0 Å². The lowest BCUT2D eigenvalue weighted by atomic mass is 10.0. The number of nitrogens with one attached hydrogen (secondary N) is 1. The number of nitrogen functional groups attached to an aromatic ring is 1. The van der Waals surface area contributed by atoms with Crippen LogP contribution in [0, 0.1) is 13.8 Å². The maximum Gasteiger partial charge on any atom is 0.153 e. The summed E-state index contributed by atoms with van der Waals surface area (Å²) < 4.78 is 1.79. The van der Waals surface area contributed by atoms with Crippen LogP contribution in [0.15, 0.2) is 30.5 Å². The fourth-order valence-corrected chi connectivity index (χ4v) is 2.41. The average Bonchev–Trinajstić information content (AvgIpc) is 2.93. The Labute approximate surface area is 117 Å². The van der Waals surface area contributed by atoms with Crippen LogP contribution in [0.5, 0.6) is 0 Å². The first-order valence-corrected chi connectivity index (χ1v) is 6.47. The Balaban J connectivity index is 2.19. The minimum absolute atomic E-state index is 0.507. The summed E-state index contributed by atoms with van der Waals surface area (Å²) in [6.07, 6.45) is 1.97. The SMILES string of the molecule is Cc1ccc(-c2c(N)n[nH]c2-c2cn(C)nc2C)cc1. The fourth-order valence-electron chi connectivity index (χ4n) is 2.41. The zero-order valence-corrected chi connectivity index (χ0v) is 11.8. The Bertz CT molecular complexity index is 749. The molecule has 3 rings (SSSR count). The Morgan fingerprint density at radius 2 is 1.85 bits per heavy atom. The lowest BCUT2D eigenvalue weighted by molar-refractivity contribution is 0.756. The van der Waals surface area contributed by atoms with Gasteiger partial charge >= 0.3 is 0 Å². The molecule has 0 fully saturated rings. The molecule has 2 aromatic heterocycles. The molecule has 0 spiro atoms. The van der Waals surface area contributed by atoms with Gasteiger partial charge < -0.3 is 5.73 Å². The maximum absolute atomic E-state index is 6.04. The van der Waals surface area contributed by atoms with E-state index < -0.39 is 0 Å². The number of aryl methyl sites for hydroxylation is 3. The van der Waals surface area contributed by atoms with Crippen molar-refractivity contribution in [2.75, 3.05) is 5.73 Å². The summed E-state index contributed by atoms with van der Waals surface area (Å²) in [5.74, 6) is 0.507. The first-order chi connectivity index (χ1) is 9.56. The summed E-state index contributed by atoms with van der Waals surface area (Å²) in [5.41, 5.74) is 12.1. The minimum Gasteiger partial charge on any atom is -0.382 e. The third-order valence-corrected chi connectivity index (χ3v) is 3.42. The van der Waals surface area contributed by atoms with Crippen LogP contribution in [0.1, 0.15) is 11.3 Å². The number of benzene rings is 1. The second kappa shape index (κ2) is 4.52. The molecule has 0 bridgehead atoms. The molecule has 1 aromatic carbocycles. The quantitative estimate of drug-likeness (QED) is 0.749. The molecule has 0 aliphatic heterocycles. The van der Waals surface area contributed by atoms with Crippen LogP contribution >= 0.6 is 0 Å². The van der Waals surface area contributed by atoms with E-state index in [0.29, 0.717) is 5.82 Å². The van der Waals surface area contributed by atoms with Gasteiger partial charge in [0.15, 0.2) is 5.82 Å². The topological polar surface area (TPSA) is 72.5 Å². The number of nitrogens with zero attached hydrogens (tertiary/aromatic N) is 3. The van der Waals surface area contributed by atoms with Crippen LogP contribution in [0.3, 0.4) is 0 Å². The summed E-state index contributed by atoms with van der Waals surface area (Å²) in [6, 6.07) is 8.26. The first kappa shape index (κ1) is 12.5. The molecule has 3 N–H and O–H groups in total. The number of hydrogen-bond donors (Lipinski definition) is 2. The monoisotopic (exact) mass is 267 g/mol. The van der Waals surface area contributed by atoms with Gasteiger partial charge in [0.05, 0.1) is 17.0 Å². The van der Waals surface area contributed by atoms with Gasteiger partial charge in [-0.05, 0) is 19.4 Å². The van der Waals surface area contributed by atoms with E-state index in [9.17, 15) is 0 Å². The van der Waals surface area contributed by atoms with E-state index >= 15 is 0 Å². The largest absolute Gasteiger partial charge is 0.382 e. The van der Waals surface area contributed by atoms with Gasteiger partial charge in [-0.3, -0.25) is 9.78 Å². The normalized spacial score (nSPS) is 10.9. The van der Waals surface area contributed by atoms with Gasteiger partial charge in [0, 0.05) is 18.8 Å². The van der Waals surface area contributed by atoms with Crippen LogP contribution in [0.25, 0.3) is 22.4 Å². The highest BCUT2D eigenvalue weighted by atomic mass is 15.3. The van der Waals surface area contributed by atoms with Gasteiger partial charge in [-0.1, -0.05) is 29.8 Å². The number of anilines is 1. The molecule has 0 saturated carbocycles. The molecular weight excluding hydrogens is 250 g/mol. The first-order valence-electron chi connectivity index (χ1n) is 6.47. The molecule has 3 aromatic rings. The molecule has 0 saturated heterocycles. The number of aromatic nitrogens is 4. The van der Waals surface area contributed by atoms with Crippen molar-refractivity contribution in [1.82, 2.24) is 20.0 Å². The van der Waals surface area contributed by atoms with Crippen molar-refractivity contribution in [2.24, 2.45) is 7.05 Å². The van der Waals surface area contributed by atoms with Crippen molar-refractivity contribution in [3.05, 3.63) is 41.7 Å². The number of rotatable bonds is 2. The summed E-state index contributed by atoms with van der Waals surface area (Å²) >= 11 is 0. The smallest absolute Gasteiger partial charge is 0.153 e. The van der Waals surface area contributed by atoms with Crippen molar-refractivity contribution >= 4 is 5.82 Å². The lowest BCUT2D eigenvalue weighted by Gasteiger charge is -2.04. The van der Waals surface area contributed by atoms with Crippen LogP contribution < -0.4 is 5.73 Å². The highest BCUT2D eigenvalue weighted by molar-refractivity contribution is 5.88. The molecule has 5 nitrogen and oxygen atoms in total. The molecule has 0 radical (unpaired) electrons. The number of aromatic amines is 1. The third-order valence-electron chi connectivity index (χ3n) is 3.42. The van der Waals surface area contributed by atoms with Gasteiger partial charge in [-0.15, -0.1) is 0 Å². The molecule has 0 amide bonds. The highest BCUT2D eigenvalue weighted by Crippen LogP contribution is 2.35. The molecule has 0 aliphatic carbocycles. The molecule has 2 heterocycles. The lowest BCUT2D eigenvalue weighted by Crippen LogP contribution is -1.89. The van der Waals surface area contributed by atoms with Crippen LogP contribution in [-0.2, 0) is 7.05 Å². The minimum atomic E-state index is 0.507. The number of hydrogen-bond acceptors (Lipinski definition) is 3. The van der Waals surface area contributed by atoms with E-state index in [0.717, 1.165) is 28.1 Å². The predicted molar refractivity (Wildman–Crippen MR) is 80.1 cm³/mol. The molecule has 0 aliphatic rings. The van der Waals surface area contributed by atoms with Crippen molar-refractivity contribution in [3.63, 3.8) is 0 Å². The van der Waals surface area contributed by atoms with Gasteiger partial charge in [0.25, 0.3) is 0 Å². The molecule has 20 heavy (non-hydrogen) atoms. The summed E-state index contributed by atoms with van der Waals surface area (Å²) in [4.78, 5) is 0. The van der Waals surface area contributed by atoms with Crippen molar-refractivity contribution in [2.45, 2.75) is 13.8 Å². The summed E-state index contributed by atoms with van der Waals surface area (Å²) in [5, 5.41) is 11.6. The molecular formula is C15H17N5. The van der Waals surface area contributed by atoms with Gasteiger partial charge in [0.2, 0.25) is 0 Å². The van der Waals surface area contributed by atoms with E-state index in [1.54, 1.807) is 4.68 Å². The Morgan fingerprint density at radius 1 is 1.15 bits per heavy atom. The zero-order valence-electron chi connectivity index (χ0n) is 11.8. The predicted octanol–water partition coefficient (Wildman–Crippen LogP) is 2.68. The van der Waals surface area contributed by atoms with Crippen LogP contribution in [0.2, 0.25) is 0 Å². The van der Waals surface area contributed by atoms with E-state index in [4.69, 9.17) is 5.73 Å². The molecule has 102 valence electrons. The standard InChI is InChI=1S/C15H17N5/c1-9-4-6-11(7-5-9)13-14(17-18-15(13)16)12-8-20(3)19-10(12)2/h4-8H,1-3H3,(H3,16,17,18). The average molecular weight is 267 g/mol. The Morgan fingerprint density at radius 3 is 2.45 bits per heavy atom. The van der Waals surface area contributed by atoms with Crippen LogP contribution in [-0.4, -0.2) is 20.0 Å². The third kappa shape index (κ3) is 1.97. The van der Waals surface area contributed by atoms with Crippen LogP contribution in [0.4, 0.5) is 5.82 Å². The van der Waals surface area contributed by atoms with Crippen molar-refractivity contribution in [3.8, 4) is 22.4 Å². The van der Waals surface area contributed by atoms with E-state index in [1.807, 2.05) is 20.2 Å². The molecule has 5 heteroatoms. The molecule has 0 unspecified atom stereocenters. The highest BCUT2D eigenvalue weighted by Gasteiger charge is 2.17. The van der Waals surface area contributed by atoms with Gasteiger partial charge in [0.1, 0.15) is 0 Å². The molecule has 0 atom stereocenters. The van der Waals surface area contributed by atoms with Crippen molar-refractivity contribution in [1.29, 1.82) is 0 Å². The zero-order chi connectivity index (χ0) is 14.3. The number of H-pyrrole nitrogens is 1. The Hall–Kier alpha value is -2.56.